The lowest BCUT2D eigenvalue weighted by molar-refractivity contribution is 0.228. The van der Waals surface area contributed by atoms with Crippen LogP contribution in [-0.2, 0) is 6.54 Å². The number of halogens is 1. The van der Waals surface area contributed by atoms with E-state index >= 15 is 0 Å². The van der Waals surface area contributed by atoms with Gasteiger partial charge in [0, 0.05) is 12.1 Å². The summed E-state index contributed by atoms with van der Waals surface area (Å²) in [6.45, 7) is 7.29. The minimum Gasteiger partial charge on any atom is -0.488 e. The molecule has 0 bridgehead atoms. The third-order valence-corrected chi connectivity index (χ3v) is 1.97. The minimum atomic E-state index is -0.292. The van der Waals surface area contributed by atoms with E-state index in [1.54, 1.807) is 6.07 Å². The van der Waals surface area contributed by atoms with Gasteiger partial charge in [-0.25, -0.2) is 4.39 Å². The van der Waals surface area contributed by atoms with Crippen molar-refractivity contribution in [1.82, 2.24) is 5.32 Å². The van der Waals surface area contributed by atoms with Crippen LogP contribution in [0, 0.1) is 5.82 Å². The Morgan fingerprint density at radius 3 is 2.73 bits per heavy atom. The molecule has 0 aliphatic rings. The highest BCUT2D eigenvalue weighted by Gasteiger charge is 2.10. The molecule has 3 heteroatoms. The first-order valence-corrected chi connectivity index (χ1v) is 5.30. The van der Waals surface area contributed by atoms with E-state index in [-0.39, 0.29) is 11.9 Å². The van der Waals surface area contributed by atoms with Crippen LogP contribution in [0.1, 0.15) is 26.3 Å². The molecule has 0 aliphatic heterocycles. The predicted octanol–water partition coefficient (Wildman–Crippen LogP) is 2.72. The molecule has 0 aromatic heterocycles. The molecule has 1 aromatic rings. The highest BCUT2D eigenvalue weighted by atomic mass is 19.1. The molecule has 84 valence electrons. The number of ether oxygens (including phenoxy) is 1. The van der Waals surface area contributed by atoms with E-state index in [1.165, 1.54) is 6.07 Å². The molecule has 0 atom stereocenters. The Labute approximate surface area is 90.4 Å². The van der Waals surface area contributed by atoms with Crippen molar-refractivity contribution in [2.75, 3.05) is 6.54 Å². The molecule has 15 heavy (non-hydrogen) atoms. The Kier molecular flexibility index (Phi) is 4.56. The molecular weight excluding hydrogens is 193 g/mol. The summed E-state index contributed by atoms with van der Waals surface area (Å²) in [4.78, 5) is 0. The zero-order valence-electron chi connectivity index (χ0n) is 9.51. The van der Waals surface area contributed by atoms with Crippen LogP contribution in [0.3, 0.4) is 0 Å². The van der Waals surface area contributed by atoms with Gasteiger partial charge in [-0.15, -0.1) is 0 Å². The van der Waals surface area contributed by atoms with Gasteiger partial charge in [0.25, 0.3) is 0 Å². The fraction of sp³-hybridized carbons (Fsp3) is 0.500. The Morgan fingerprint density at radius 1 is 1.40 bits per heavy atom. The largest absolute Gasteiger partial charge is 0.488 e. The van der Waals surface area contributed by atoms with Crippen molar-refractivity contribution in [3.8, 4) is 5.75 Å². The summed E-state index contributed by atoms with van der Waals surface area (Å²) in [6.07, 6.45) is -0.0118. The summed E-state index contributed by atoms with van der Waals surface area (Å²) in [5, 5.41) is 3.16. The van der Waals surface area contributed by atoms with Gasteiger partial charge in [-0.2, -0.15) is 0 Å². The number of benzene rings is 1. The van der Waals surface area contributed by atoms with Crippen LogP contribution in [0.25, 0.3) is 0 Å². The van der Waals surface area contributed by atoms with E-state index in [0.717, 1.165) is 12.1 Å². The van der Waals surface area contributed by atoms with Crippen molar-refractivity contribution < 1.29 is 9.13 Å². The molecule has 0 heterocycles. The monoisotopic (exact) mass is 211 g/mol. The molecular formula is C12H18FNO. The van der Waals surface area contributed by atoms with Gasteiger partial charge in [-0.05, 0) is 26.5 Å². The summed E-state index contributed by atoms with van der Waals surface area (Å²) in [5.41, 5.74) is 0.866. The molecule has 1 rings (SSSR count). The van der Waals surface area contributed by atoms with Crippen molar-refractivity contribution in [3.63, 3.8) is 0 Å². The lowest BCUT2D eigenvalue weighted by Crippen LogP contribution is -2.15. The van der Waals surface area contributed by atoms with E-state index in [4.69, 9.17) is 4.74 Å². The van der Waals surface area contributed by atoms with Crippen molar-refractivity contribution in [1.29, 1.82) is 0 Å². The Morgan fingerprint density at radius 2 is 2.13 bits per heavy atom. The molecule has 0 fully saturated rings. The van der Waals surface area contributed by atoms with Crippen molar-refractivity contribution in [3.05, 3.63) is 29.6 Å². The van der Waals surface area contributed by atoms with Gasteiger partial charge in [0.05, 0.1) is 6.10 Å². The molecule has 0 radical (unpaired) electrons. The number of hydrogen-bond donors (Lipinski definition) is 1. The van der Waals surface area contributed by atoms with E-state index in [2.05, 4.69) is 5.32 Å². The van der Waals surface area contributed by atoms with Crippen LogP contribution in [0.15, 0.2) is 18.2 Å². The minimum absolute atomic E-state index is 0.0118. The van der Waals surface area contributed by atoms with Gasteiger partial charge >= 0.3 is 0 Å². The van der Waals surface area contributed by atoms with E-state index < -0.39 is 0 Å². The average molecular weight is 211 g/mol. The summed E-state index contributed by atoms with van der Waals surface area (Å²) in [6, 6.07) is 5.01. The quantitative estimate of drug-likeness (QED) is 0.808. The first kappa shape index (κ1) is 12.0. The number of rotatable bonds is 5. The van der Waals surface area contributed by atoms with Crippen LogP contribution in [-0.4, -0.2) is 12.6 Å². The normalized spacial score (nSPS) is 10.7. The van der Waals surface area contributed by atoms with Gasteiger partial charge in [0.15, 0.2) is 11.6 Å². The topological polar surface area (TPSA) is 21.3 Å². The maximum absolute atomic E-state index is 13.5. The second-order valence-electron chi connectivity index (χ2n) is 3.68. The molecule has 2 nitrogen and oxygen atoms in total. The van der Waals surface area contributed by atoms with E-state index in [1.807, 2.05) is 26.8 Å². The molecule has 1 N–H and O–H groups in total. The number of nitrogens with one attached hydrogen (secondary N) is 1. The smallest absolute Gasteiger partial charge is 0.165 e. The molecule has 0 amide bonds. The van der Waals surface area contributed by atoms with Gasteiger partial charge in [0.2, 0.25) is 0 Å². The summed E-state index contributed by atoms with van der Waals surface area (Å²) < 4.78 is 18.9. The standard InChI is InChI=1S/C12H18FNO/c1-4-14-8-10-6-5-7-11(13)12(10)15-9(2)3/h5-7,9,14H,4,8H2,1-3H3. The predicted molar refractivity (Wildman–Crippen MR) is 59.5 cm³/mol. The second kappa shape index (κ2) is 5.71. The lowest BCUT2D eigenvalue weighted by Gasteiger charge is -2.15. The Balaban J connectivity index is 2.87. The summed E-state index contributed by atoms with van der Waals surface area (Å²) in [5.74, 6) is 0.0764. The molecule has 0 spiro atoms. The van der Waals surface area contributed by atoms with Crippen molar-refractivity contribution in [2.24, 2.45) is 0 Å². The third kappa shape index (κ3) is 3.51. The van der Waals surface area contributed by atoms with Gasteiger partial charge in [-0.1, -0.05) is 19.1 Å². The fourth-order valence-electron chi connectivity index (χ4n) is 1.32. The maximum atomic E-state index is 13.5. The fourth-order valence-corrected chi connectivity index (χ4v) is 1.32. The van der Waals surface area contributed by atoms with Crippen LogP contribution in [0.4, 0.5) is 4.39 Å². The number of hydrogen-bond acceptors (Lipinski definition) is 2. The zero-order valence-corrected chi connectivity index (χ0v) is 9.51. The number of para-hydroxylation sites is 1. The van der Waals surface area contributed by atoms with Crippen LogP contribution < -0.4 is 10.1 Å². The van der Waals surface area contributed by atoms with Crippen molar-refractivity contribution >= 4 is 0 Å². The average Bonchev–Trinajstić information content (AvgIpc) is 2.18. The van der Waals surface area contributed by atoms with Gasteiger partial charge in [-0.3, -0.25) is 0 Å². The SMILES string of the molecule is CCNCc1cccc(F)c1OC(C)C. The molecule has 0 saturated heterocycles. The first-order chi connectivity index (χ1) is 7.15. The highest BCUT2D eigenvalue weighted by Crippen LogP contribution is 2.23. The highest BCUT2D eigenvalue weighted by molar-refractivity contribution is 5.35. The van der Waals surface area contributed by atoms with Crippen LogP contribution >= 0.6 is 0 Å². The van der Waals surface area contributed by atoms with E-state index in [9.17, 15) is 4.39 Å². The molecule has 0 saturated carbocycles. The lowest BCUT2D eigenvalue weighted by atomic mass is 10.2. The van der Waals surface area contributed by atoms with Gasteiger partial charge < -0.3 is 10.1 Å². The van der Waals surface area contributed by atoms with Crippen molar-refractivity contribution in [2.45, 2.75) is 33.4 Å². The third-order valence-electron chi connectivity index (χ3n) is 1.97. The Bertz CT molecular complexity index is 312. The molecule has 1 aromatic carbocycles. The zero-order chi connectivity index (χ0) is 11.3. The van der Waals surface area contributed by atoms with Crippen LogP contribution in [0.5, 0.6) is 5.75 Å². The second-order valence-corrected chi connectivity index (χ2v) is 3.68. The van der Waals surface area contributed by atoms with Crippen LogP contribution in [0.2, 0.25) is 0 Å². The first-order valence-electron chi connectivity index (χ1n) is 5.30. The summed E-state index contributed by atoms with van der Waals surface area (Å²) in [7, 11) is 0. The molecule has 0 unspecified atom stereocenters. The molecule has 0 aliphatic carbocycles. The summed E-state index contributed by atoms with van der Waals surface area (Å²) >= 11 is 0. The Hall–Kier alpha value is -1.09. The van der Waals surface area contributed by atoms with E-state index in [0.29, 0.717) is 12.3 Å². The van der Waals surface area contributed by atoms with Gasteiger partial charge in [0.1, 0.15) is 0 Å². The maximum Gasteiger partial charge on any atom is 0.165 e.